The molecule has 7 heteroatoms. The number of nitro benzene ring substituents is 1. The summed E-state index contributed by atoms with van der Waals surface area (Å²) in [5.41, 5.74) is 0.486. The zero-order valence-electron chi connectivity index (χ0n) is 14.3. The number of anilines is 1. The highest BCUT2D eigenvalue weighted by molar-refractivity contribution is 5.97. The van der Waals surface area contributed by atoms with Crippen LogP contribution in [0.4, 0.5) is 11.4 Å². The van der Waals surface area contributed by atoms with Gasteiger partial charge in [-0.2, -0.15) is 0 Å². The second kappa shape index (κ2) is 7.21. The lowest BCUT2D eigenvalue weighted by Crippen LogP contribution is -2.39. The van der Waals surface area contributed by atoms with Gasteiger partial charge in [-0.05, 0) is 43.7 Å². The summed E-state index contributed by atoms with van der Waals surface area (Å²) in [5.74, 6) is 0.217. The van der Waals surface area contributed by atoms with Gasteiger partial charge in [-0.3, -0.25) is 19.7 Å². The molecule has 2 aliphatic rings. The van der Waals surface area contributed by atoms with Crippen LogP contribution < -0.4 is 5.32 Å². The Labute approximate surface area is 146 Å². The molecule has 1 aromatic carbocycles. The Morgan fingerprint density at radius 2 is 1.84 bits per heavy atom. The Morgan fingerprint density at radius 1 is 1.20 bits per heavy atom. The van der Waals surface area contributed by atoms with Crippen molar-refractivity contribution in [3.8, 4) is 0 Å². The zero-order valence-corrected chi connectivity index (χ0v) is 14.3. The first-order valence-corrected chi connectivity index (χ1v) is 8.79. The minimum absolute atomic E-state index is 0.0215. The predicted molar refractivity (Wildman–Crippen MR) is 93.0 cm³/mol. The van der Waals surface area contributed by atoms with Crippen LogP contribution in [-0.4, -0.2) is 34.2 Å². The molecule has 0 spiro atoms. The number of likely N-dealkylation sites (tertiary alicyclic amines) is 1. The second-order valence-electron chi connectivity index (χ2n) is 7.15. The van der Waals surface area contributed by atoms with Crippen molar-refractivity contribution in [3.05, 3.63) is 34.4 Å². The number of nitrogens with one attached hydrogen (secondary N) is 1. The van der Waals surface area contributed by atoms with E-state index in [4.69, 9.17) is 0 Å². The number of nitrogens with zero attached hydrogens (tertiary/aromatic N) is 2. The van der Waals surface area contributed by atoms with Gasteiger partial charge in [0, 0.05) is 36.8 Å². The molecule has 7 nitrogen and oxygen atoms in total. The fourth-order valence-corrected chi connectivity index (χ4v) is 3.73. The highest BCUT2D eigenvalue weighted by Gasteiger charge is 2.38. The number of amides is 2. The average Bonchev–Trinajstić information content (AvgIpc) is 2.98. The zero-order chi connectivity index (χ0) is 18.0. The largest absolute Gasteiger partial charge is 0.339 e. The third kappa shape index (κ3) is 3.97. The monoisotopic (exact) mass is 345 g/mol. The Bertz CT molecular complexity index is 665. The van der Waals surface area contributed by atoms with Crippen LogP contribution in [0.15, 0.2) is 24.3 Å². The predicted octanol–water partition coefficient (Wildman–Crippen LogP) is 2.96. The first-order chi connectivity index (χ1) is 11.9. The summed E-state index contributed by atoms with van der Waals surface area (Å²) in [6.07, 6.45) is 4.54. The lowest BCUT2D eigenvalue weighted by molar-refractivity contribution is -0.384. The molecule has 1 atom stereocenters. The molecule has 25 heavy (non-hydrogen) atoms. The third-order valence-corrected chi connectivity index (χ3v) is 5.30. The van der Waals surface area contributed by atoms with E-state index < -0.39 is 4.92 Å². The molecule has 0 unspecified atom stereocenters. The molecule has 134 valence electrons. The summed E-state index contributed by atoms with van der Waals surface area (Å²) in [6.45, 7) is 2.71. The Morgan fingerprint density at radius 3 is 2.44 bits per heavy atom. The molecular weight excluding hydrogens is 322 g/mol. The summed E-state index contributed by atoms with van der Waals surface area (Å²) in [4.78, 5) is 36.8. The minimum atomic E-state index is -0.482. The van der Waals surface area contributed by atoms with Gasteiger partial charge in [0.1, 0.15) is 0 Å². The van der Waals surface area contributed by atoms with E-state index in [-0.39, 0.29) is 35.9 Å². The fraction of sp³-hybridized carbons (Fsp3) is 0.556. The van der Waals surface area contributed by atoms with Crippen LogP contribution in [0.1, 0.15) is 39.0 Å². The fourth-order valence-electron chi connectivity index (χ4n) is 3.73. The smallest absolute Gasteiger partial charge is 0.269 e. The van der Waals surface area contributed by atoms with Crippen molar-refractivity contribution in [2.75, 3.05) is 11.9 Å². The number of hydrogen-bond acceptors (Lipinski definition) is 4. The van der Waals surface area contributed by atoms with Gasteiger partial charge >= 0.3 is 0 Å². The maximum Gasteiger partial charge on any atom is 0.269 e. The van der Waals surface area contributed by atoms with E-state index in [1.165, 1.54) is 24.3 Å². The minimum Gasteiger partial charge on any atom is -0.339 e. The van der Waals surface area contributed by atoms with Crippen molar-refractivity contribution >= 4 is 23.2 Å². The molecule has 1 heterocycles. The molecule has 0 aromatic heterocycles. The molecule has 1 aromatic rings. The number of non-ortho nitro benzene ring substituents is 1. The van der Waals surface area contributed by atoms with E-state index in [9.17, 15) is 19.7 Å². The molecule has 1 saturated carbocycles. The quantitative estimate of drug-likeness (QED) is 0.671. The molecule has 1 saturated heterocycles. The van der Waals surface area contributed by atoms with Gasteiger partial charge in [-0.1, -0.05) is 6.92 Å². The maximum absolute atomic E-state index is 12.4. The number of rotatable bonds is 4. The SMILES string of the molecule is CC1CCC(N2C[C@H](C(=O)Nc3ccc([N+](=O)[O-])cc3)CC2=O)CC1. The molecule has 2 fully saturated rings. The van der Waals surface area contributed by atoms with E-state index in [1.54, 1.807) is 0 Å². The van der Waals surface area contributed by atoms with Crippen molar-refractivity contribution in [3.63, 3.8) is 0 Å². The van der Waals surface area contributed by atoms with E-state index in [0.717, 1.165) is 31.6 Å². The average molecular weight is 345 g/mol. The van der Waals surface area contributed by atoms with E-state index in [1.807, 2.05) is 4.90 Å². The molecular formula is C18H23N3O4. The van der Waals surface area contributed by atoms with Gasteiger partial charge in [-0.25, -0.2) is 0 Å². The van der Waals surface area contributed by atoms with E-state index in [0.29, 0.717) is 12.2 Å². The van der Waals surface area contributed by atoms with Gasteiger partial charge in [-0.15, -0.1) is 0 Å². The van der Waals surface area contributed by atoms with Gasteiger partial charge < -0.3 is 10.2 Å². The Kier molecular flexibility index (Phi) is 5.01. The van der Waals surface area contributed by atoms with Gasteiger partial charge in [0.25, 0.3) is 5.69 Å². The van der Waals surface area contributed by atoms with E-state index >= 15 is 0 Å². The molecule has 0 bridgehead atoms. The first-order valence-electron chi connectivity index (χ1n) is 8.79. The Hall–Kier alpha value is -2.44. The summed E-state index contributed by atoms with van der Waals surface area (Å²) in [6, 6.07) is 5.98. The molecule has 0 radical (unpaired) electrons. The third-order valence-electron chi connectivity index (χ3n) is 5.30. The van der Waals surface area contributed by atoms with Crippen LogP contribution in [0.25, 0.3) is 0 Å². The topological polar surface area (TPSA) is 92.6 Å². The number of carbonyl (C=O) groups is 2. The number of carbonyl (C=O) groups excluding carboxylic acids is 2. The summed E-state index contributed by atoms with van der Waals surface area (Å²) >= 11 is 0. The van der Waals surface area contributed by atoms with Gasteiger partial charge in [0.15, 0.2) is 0 Å². The van der Waals surface area contributed by atoms with Gasteiger partial charge in [0.2, 0.25) is 11.8 Å². The normalized spacial score (nSPS) is 26.5. The Balaban J connectivity index is 1.58. The molecule has 3 rings (SSSR count). The number of nitro groups is 1. The van der Waals surface area contributed by atoms with E-state index in [2.05, 4.69) is 12.2 Å². The molecule has 2 amide bonds. The summed E-state index contributed by atoms with van der Waals surface area (Å²) in [5, 5.41) is 13.4. The van der Waals surface area contributed by atoms with Crippen LogP contribution in [0.2, 0.25) is 0 Å². The highest BCUT2D eigenvalue weighted by atomic mass is 16.6. The van der Waals surface area contributed by atoms with Crippen LogP contribution >= 0.6 is 0 Å². The van der Waals surface area contributed by atoms with Crippen molar-refractivity contribution in [1.82, 2.24) is 4.90 Å². The molecule has 1 N–H and O–H groups in total. The summed E-state index contributed by atoms with van der Waals surface area (Å²) < 4.78 is 0. The highest BCUT2D eigenvalue weighted by Crippen LogP contribution is 2.31. The lowest BCUT2D eigenvalue weighted by Gasteiger charge is -2.33. The van der Waals surface area contributed by atoms with Crippen molar-refractivity contribution < 1.29 is 14.5 Å². The summed E-state index contributed by atoms with van der Waals surface area (Å²) in [7, 11) is 0. The second-order valence-corrected chi connectivity index (χ2v) is 7.15. The van der Waals surface area contributed by atoms with Crippen LogP contribution in [0.5, 0.6) is 0 Å². The standard InChI is InChI=1S/C18H23N3O4/c1-12-2-6-15(7-3-12)20-11-13(10-17(20)22)18(23)19-14-4-8-16(9-5-14)21(24)25/h4-5,8-9,12-13,15H,2-3,6-7,10-11H2,1H3,(H,19,23)/t12?,13-,15?/m1/s1. The number of hydrogen-bond donors (Lipinski definition) is 1. The van der Waals surface area contributed by atoms with Crippen molar-refractivity contribution in [2.45, 2.75) is 45.1 Å². The van der Waals surface area contributed by atoms with Crippen LogP contribution in [0.3, 0.4) is 0 Å². The van der Waals surface area contributed by atoms with Crippen molar-refractivity contribution in [1.29, 1.82) is 0 Å². The first kappa shape index (κ1) is 17.4. The molecule has 1 aliphatic heterocycles. The van der Waals surface area contributed by atoms with Crippen LogP contribution in [-0.2, 0) is 9.59 Å². The number of benzene rings is 1. The lowest BCUT2D eigenvalue weighted by atomic mass is 9.87. The van der Waals surface area contributed by atoms with Crippen LogP contribution in [0, 0.1) is 22.0 Å². The maximum atomic E-state index is 12.4. The van der Waals surface area contributed by atoms with Crippen molar-refractivity contribution in [2.24, 2.45) is 11.8 Å². The van der Waals surface area contributed by atoms with Gasteiger partial charge in [0.05, 0.1) is 10.8 Å². The molecule has 1 aliphatic carbocycles.